The fourth-order valence-corrected chi connectivity index (χ4v) is 10.0. The van der Waals surface area contributed by atoms with E-state index in [1.54, 1.807) is 12.1 Å². The van der Waals surface area contributed by atoms with Crippen molar-refractivity contribution in [2.24, 2.45) is 7.05 Å². The van der Waals surface area contributed by atoms with E-state index < -0.39 is 23.8 Å². The summed E-state index contributed by atoms with van der Waals surface area (Å²) >= 11 is 0. The molecular weight excluding hydrogens is 759 g/mol. The lowest BCUT2D eigenvalue weighted by molar-refractivity contribution is -0.136. The molecule has 5 aromatic rings. The number of carbonyl (C=O) groups is 4. The largest absolute Gasteiger partial charge is 0.474 e. The Balaban J connectivity index is 0.643. The van der Waals surface area contributed by atoms with Crippen LogP contribution < -0.4 is 15.0 Å². The molecule has 7 heterocycles. The summed E-state index contributed by atoms with van der Waals surface area (Å²) in [6.07, 6.45) is 10.6. The molecule has 3 aromatic heterocycles. The van der Waals surface area contributed by atoms with Crippen molar-refractivity contribution in [2.45, 2.75) is 62.8 Å². The number of ether oxygens (including phenoxy) is 1. The number of fused-ring (bicyclic) bond motifs is 4. The first kappa shape index (κ1) is 38.5. The van der Waals surface area contributed by atoms with Gasteiger partial charge in [-0.15, -0.1) is 0 Å². The first-order valence-corrected chi connectivity index (χ1v) is 21.4. The van der Waals surface area contributed by atoms with Crippen LogP contribution in [0.2, 0.25) is 0 Å². The third kappa shape index (κ3) is 7.09. The number of hydrogen-bond acceptors (Lipinski definition) is 11. The van der Waals surface area contributed by atoms with E-state index in [0.29, 0.717) is 29.1 Å². The molecule has 1 aliphatic carbocycles. The van der Waals surface area contributed by atoms with Crippen LogP contribution in [0.4, 0.5) is 5.69 Å². The fourth-order valence-electron chi connectivity index (χ4n) is 10.0. The Labute approximate surface area is 349 Å². The van der Waals surface area contributed by atoms with Crippen LogP contribution in [0.25, 0.3) is 32.9 Å². The summed E-state index contributed by atoms with van der Waals surface area (Å²) in [5.41, 5.74) is 6.11. The zero-order valence-corrected chi connectivity index (χ0v) is 34.3. The average Bonchev–Trinajstić information content (AvgIpc) is 3.69. The van der Waals surface area contributed by atoms with Gasteiger partial charge in [-0.25, -0.2) is 4.98 Å². The highest BCUT2D eigenvalue weighted by molar-refractivity contribution is 6.23. The molecular formula is C46H51N9O5. The third-order valence-corrected chi connectivity index (χ3v) is 13.8. The molecule has 1 N–H and O–H groups in total. The van der Waals surface area contributed by atoms with Crippen LogP contribution >= 0.6 is 0 Å². The lowest BCUT2D eigenvalue weighted by Gasteiger charge is -2.46. The Morgan fingerprint density at radius 3 is 2.25 bits per heavy atom. The van der Waals surface area contributed by atoms with Gasteiger partial charge in [-0.1, -0.05) is 12.1 Å². The van der Waals surface area contributed by atoms with Crippen LogP contribution in [0.3, 0.4) is 0 Å². The molecule has 0 spiro atoms. The number of nitrogens with zero attached hydrogens (tertiary/aromatic N) is 8. The summed E-state index contributed by atoms with van der Waals surface area (Å²) in [6.45, 7) is 7.83. The van der Waals surface area contributed by atoms with Crippen molar-refractivity contribution in [3.63, 3.8) is 0 Å². The van der Waals surface area contributed by atoms with E-state index in [-0.39, 0.29) is 24.9 Å². The predicted octanol–water partition coefficient (Wildman–Crippen LogP) is 4.32. The summed E-state index contributed by atoms with van der Waals surface area (Å²) in [7, 11) is 4.39. The topological polar surface area (TPSA) is 136 Å². The molecule has 5 aliphatic rings. The number of benzene rings is 2. The van der Waals surface area contributed by atoms with Crippen molar-refractivity contribution in [1.29, 1.82) is 0 Å². The SMILES string of the molecule is Cn1c2ccncc2c2ccc(-c3ccc(O[C@H]4C[C@H](N(C)C5CCN(CCN6CCN(c7ccc8c(c7)C(=O)N(C7CCC(=O)NC7=O)C8=O)CC6)CC5)C4)nc3)cc21. The number of pyridine rings is 2. The molecule has 10 rings (SSSR count). The molecule has 1 unspecified atom stereocenters. The lowest BCUT2D eigenvalue weighted by Crippen LogP contribution is -2.54. The van der Waals surface area contributed by atoms with E-state index in [9.17, 15) is 19.2 Å². The molecule has 14 nitrogen and oxygen atoms in total. The first-order chi connectivity index (χ1) is 29.2. The number of hydrogen-bond donors (Lipinski definition) is 1. The maximum absolute atomic E-state index is 13.3. The molecule has 0 radical (unpaired) electrons. The van der Waals surface area contributed by atoms with Crippen molar-refractivity contribution in [2.75, 3.05) is 64.3 Å². The maximum Gasteiger partial charge on any atom is 0.262 e. The summed E-state index contributed by atoms with van der Waals surface area (Å²) in [5, 5.41) is 4.63. The Hall–Kier alpha value is -5.70. The molecule has 1 saturated carbocycles. The number of anilines is 1. The van der Waals surface area contributed by atoms with Crippen LogP contribution in [0.5, 0.6) is 5.88 Å². The monoisotopic (exact) mass is 809 g/mol. The summed E-state index contributed by atoms with van der Waals surface area (Å²) < 4.78 is 8.54. The van der Waals surface area contributed by atoms with E-state index in [1.165, 1.54) is 34.6 Å². The van der Waals surface area contributed by atoms with E-state index >= 15 is 0 Å². The van der Waals surface area contributed by atoms with Crippen molar-refractivity contribution in [3.8, 4) is 17.0 Å². The van der Waals surface area contributed by atoms with Gasteiger partial charge in [-0.05, 0) is 81.4 Å². The van der Waals surface area contributed by atoms with Crippen molar-refractivity contribution in [3.05, 3.63) is 84.3 Å². The van der Waals surface area contributed by atoms with Gasteiger partial charge in [-0.2, -0.15) is 0 Å². The normalized spacial score (nSPS) is 23.1. The Morgan fingerprint density at radius 1 is 0.750 bits per heavy atom. The number of aryl methyl sites for hydroxylation is 1. The number of rotatable bonds is 10. The van der Waals surface area contributed by atoms with E-state index in [0.717, 1.165) is 86.9 Å². The summed E-state index contributed by atoms with van der Waals surface area (Å²) in [4.78, 5) is 70.5. The van der Waals surface area contributed by atoms with Gasteiger partial charge in [0.15, 0.2) is 0 Å². The van der Waals surface area contributed by atoms with Gasteiger partial charge in [0.2, 0.25) is 17.7 Å². The van der Waals surface area contributed by atoms with Gasteiger partial charge in [0, 0.05) is 130 Å². The molecule has 4 fully saturated rings. The lowest BCUT2D eigenvalue weighted by atomic mass is 9.86. The number of carbonyl (C=O) groups excluding carboxylic acids is 4. The van der Waals surface area contributed by atoms with E-state index in [1.807, 2.05) is 30.7 Å². The minimum atomic E-state index is -0.956. The molecule has 4 amide bonds. The highest BCUT2D eigenvalue weighted by atomic mass is 16.5. The van der Waals surface area contributed by atoms with Crippen LogP contribution in [-0.4, -0.2) is 141 Å². The number of likely N-dealkylation sites (tertiary alicyclic amines) is 1. The number of imide groups is 2. The quantitative estimate of drug-likeness (QED) is 0.202. The first-order valence-electron chi connectivity index (χ1n) is 21.4. The van der Waals surface area contributed by atoms with Crippen LogP contribution in [0.1, 0.15) is 59.2 Å². The van der Waals surface area contributed by atoms with Crippen LogP contribution in [0.15, 0.2) is 73.2 Å². The third-order valence-electron chi connectivity index (χ3n) is 13.8. The standard InChI is InChI=1S/C46H51N9O5/c1-50(33-24-34(25-33)60-43-10-4-30(27-48-43)29-3-6-35-38-28-47-14-11-39(38)51(2)41(35)23-29)31-12-15-52(16-13-31)17-18-53-19-21-54(22-20-53)32-5-7-36-37(26-32)46(59)55(45(36)58)40-8-9-42(56)49-44(40)57/h3-7,10-11,14,23,26-28,31,33-34,40H,8-9,12-13,15-22,24-25H2,1-2H3,(H,49,56,57)/t33-,34-,40?. The number of piperidine rings is 2. The highest BCUT2D eigenvalue weighted by Crippen LogP contribution is 2.35. The second-order valence-electron chi connectivity index (χ2n) is 17.2. The van der Waals surface area contributed by atoms with Crippen molar-refractivity contribution in [1.82, 2.24) is 39.5 Å². The van der Waals surface area contributed by atoms with Crippen LogP contribution in [-0.2, 0) is 16.6 Å². The number of piperazine rings is 1. The molecule has 1 atom stereocenters. The zero-order valence-electron chi connectivity index (χ0n) is 34.3. The van der Waals surface area contributed by atoms with Crippen molar-refractivity contribution < 1.29 is 23.9 Å². The van der Waals surface area contributed by atoms with E-state index in [2.05, 4.69) is 83.9 Å². The smallest absolute Gasteiger partial charge is 0.262 e. The minimum absolute atomic E-state index is 0.105. The Morgan fingerprint density at radius 2 is 1.50 bits per heavy atom. The predicted molar refractivity (Wildman–Crippen MR) is 228 cm³/mol. The molecule has 4 aliphatic heterocycles. The van der Waals surface area contributed by atoms with Crippen molar-refractivity contribution >= 4 is 51.1 Å². The fraction of sp³-hybridized carbons (Fsp3) is 0.435. The number of amides is 4. The van der Waals surface area contributed by atoms with Gasteiger partial charge in [0.1, 0.15) is 12.1 Å². The molecule has 2 aromatic carbocycles. The maximum atomic E-state index is 13.3. The van der Waals surface area contributed by atoms with Gasteiger partial charge in [0.25, 0.3) is 11.8 Å². The summed E-state index contributed by atoms with van der Waals surface area (Å²) in [6, 6.07) is 18.3. The van der Waals surface area contributed by atoms with Gasteiger partial charge in [0.05, 0.1) is 16.6 Å². The molecule has 310 valence electrons. The van der Waals surface area contributed by atoms with E-state index in [4.69, 9.17) is 4.74 Å². The molecule has 0 bridgehead atoms. The number of aromatic nitrogens is 3. The minimum Gasteiger partial charge on any atom is -0.474 e. The molecule has 14 heteroatoms. The van der Waals surface area contributed by atoms with Crippen LogP contribution in [0, 0.1) is 0 Å². The zero-order chi connectivity index (χ0) is 41.1. The second kappa shape index (κ2) is 15.7. The summed E-state index contributed by atoms with van der Waals surface area (Å²) in [5.74, 6) is -1.22. The molecule has 60 heavy (non-hydrogen) atoms. The Bertz CT molecular complexity index is 2480. The molecule has 3 saturated heterocycles. The van der Waals surface area contributed by atoms with Gasteiger partial charge >= 0.3 is 0 Å². The average molecular weight is 810 g/mol. The second-order valence-corrected chi connectivity index (χ2v) is 17.2. The highest BCUT2D eigenvalue weighted by Gasteiger charge is 2.45. The number of nitrogens with one attached hydrogen (secondary N) is 1. The van der Waals surface area contributed by atoms with Gasteiger partial charge < -0.3 is 24.0 Å². The van der Waals surface area contributed by atoms with Gasteiger partial charge in [-0.3, -0.25) is 39.3 Å². The Kier molecular flexibility index (Phi) is 10.1.